The summed E-state index contributed by atoms with van der Waals surface area (Å²) >= 11 is 0. The maximum absolute atomic E-state index is 12.5. The monoisotopic (exact) mass is 376 g/mol. The van der Waals surface area contributed by atoms with Gasteiger partial charge in [0, 0.05) is 44.5 Å². The molecule has 0 aliphatic carbocycles. The average Bonchev–Trinajstić information content (AvgIpc) is 3.12. The normalized spacial score (nSPS) is 25.1. The van der Waals surface area contributed by atoms with E-state index in [9.17, 15) is 4.79 Å². The molecule has 0 radical (unpaired) electrons. The fourth-order valence-corrected chi connectivity index (χ4v) is 4.26. The first-order valence-electron chi connectivity index (χ1n) is 9.68. The SMILES string of the molecule is COCCC(=O)N1CC[C@]2(COCc3c(C)nc(N4CCOCC4)nc32)C1. The summed E-state index contributed by atoms with van der Waals surface area (Å²) < 4.78 is 16.4. The Morgan fingerprint density at radius 2 is 2.04 bits per heavy atom. The number of morpholine rings is 1. The van der Waals surface area contributed by atoms with Gasteiger partial charge in [0.2, 0.25) is 11.9 Å². The maximum atomic E-state index is 12.5. The highest BCUT2D eigenvalue weighted by Crippen LogP contribution is 2.40. The van der Waals surface area contributed by atoms with Crippen LogP contribution in [0.3, 0.4) is 0 Å². The molecule has 1 amide bonds. The van der Waals surface area contributed by atoms with Crippen molar-refractivity contribution in [1.29, 1.82) is 0 Å². The lowest BCUT2D eigenvalue weighted by Gasteiger charge is -2.36. The number of likely N-dealkylation sites (tertiary alicyclic amines) is 1. The van der Waals surface area contributed by atoms with Gasteiger partial charge in [0.05, 0.1) is 50.6 Å². The molecule has 8 heteroatoms. The average molecular weight is 376 g/mol. The third-order valence-electron chi connectivity index (χ3n) is 5.85. The third kappa shape index (κ3) is 3.53. The highest BCUT2D eigenvalue weighted by molar-refractivity contribution is 5.77. The van der Waals surface area contributed by atoms with Crippen LogP contribution in [-0.2, 0) is 31.0 Å². The number of fused-ring (bicyclic) bond motifs is 2. The Morgan fingerprint density at radius 3 is 2.81 bits per heavy atom. The van der Waals surface area contributed by atoms with Gasteiger partial charge in [-0.15, -0.1) is 0 Å². The number of amides is 1. The van der Waals surface area contributed by atoms with E-state index >= 15 is 0 Å². The first-order chi connectivity index (χ1) is 13.1. The van der Waals surface area contributed by atoms with Crippen LogP contribution in [0, 0.1) is 6.92 Å². The number of ether oxygens (including phenoxy) is 3. The van der Waals surface area contributed by atoms with Crippen molar-refractivity contribution in [2.45, 2.75) is 31.8 Å². The molecule has 0 N–H and O–H groups in total. The van der Waals surface area contributed by atoms with E-state index < -0.39 is 0 Å². The van der Waals surface area contributed by atoms with Crippen LogP contribution in [0.25, 0.3) is 0 Å². The fourth-order valence-electron chi connectivity index (χ4n) is 4.26. The summed E-state index contributed by atoms with van der Waals surface area (Å²) in [6.45, 7) is 8.05. The number of methoxy groups -OCH3 is 1. The number of anilines is 1. The van der Waals surface area contributed by atoms with Crippen molar-refractivity contribution in [1.82, 2.24) is 14.9 Å². The van der Waals surface area contributed by atoms with E-state index in [-0.39, 0.29) is 11.3 Å². The second-order valence-electron chi connectivity index (χ2n) is 7.62. The van der Waals surface area contributed by atoms with Gasteiger partial charge >= 0.3 is 0 Å². The molecule has 4 rings (SSSR count). The summed E-state index contributed by atoms with van der Waals surface area (Å²) in [7, 11) is 1.62. The van der Waals surface area contributed by atoms with Gasteiger partial charge in [0.25, 0.3) is 0 Å². The Labute approximate surface area is 159 Å². The minimum absolute atomic E-state index is 0.139. The van der Waals surface area contributed by atoms with E-state index in [0.717, 1.165) is 49.0 Å². The fraction of sp³-hybridized carbons (Fsp3) is 0.737. The molecule has 2 fully saturated rings. The molecular weight excluding hydrogens is 348 g/mol. The molecule has 1 aromatic rings. The second-order valence-corrected chi connectivity index (χ2v) is 7.62. The molecule has 0 aromatic carbocycles. The van der Waals surface area contributed by atoms with Gasteiger partial charge < -0.3 is 24.0 Å². The van der Waals surface area contributed by atoms with Crippen molar-refractivity contribution < 1.29 is 19.0 Å². The first-order valence-corrected chi connectivity index (χ1v) is 9.68. The quantitative estimate of drug-likeness (QED) is 0.764. The molecule has 2 saturated heterocycles. The van der Waals surface area contributed by atoms with Crippen LogP contribution >= 0.6 is 0 Å². The van der Waals surface area contributed by atoms with E-state index in [1.165, 1.54) is 0 Å². The Kier molecular flexibility index (Phi) is 5.29. The zero-order valence-corrected chi connectivity index (χ0v) is 16.2. The summed E-state index contributed by atoms with van der Waals surface area (Å²) in [6.07, 6.45) is 1.29. The lowest BCUT2D eigenvalue weighted by atomic mass is 9.80. The molecule has 3 aliphatic rings. The number of hydrogen-bond donors (Lipinski definition) is 0. The minimum Gasteiger partial charge on any atom is -0.384 e. The second kappa shape index (κ2) is 7.69. The van der Waals surface area contributed by atoms with E-state index in [0.29, 0.717) is 46.0 Å². The van der Waals surface area contributed by atoms with Crippen molar-refractivity contribution in [3.63, 3.8) is 0 Å². The molecule has 1 aromatic heterocycles. The van der Waals surface area contributed by atoms with Crippen LogP contribution in [0.1, 0.15) is 29.8 Å². The zero-order valence-electron chi connectivity index (χ0n) is 16.2. The van der Waals surface area contributed by atoms with Crippen LogP contribution in [0.2, 0.25) is 0 Å². The number of hydrogen-bond acceptors (Lipinski definition) is 7. The van der Waals surface area contributed by atoms with Gasteiger partial charge in [-0.3, -0.25) is 4.79 Å². The standard InChI is InChI=1S/C19H28N4O4/c1-14-15-11-27-13-19(4-5-23(12-19)16(24)3-8-25-2)17(15)21-18(20-14)22-6-9-26-10-7-22/h3-13H2,1-2H3/t19-/m1/s1. The van der Waals surface area contributed by atoms with Gasteiger partial charge in [-0.25, -0.2) is 9.97 Å². The van der Waals surface area contributed by atoms with E-state index in [2.05, 4.69) is 4.90 Å². The molecule has 148 valence electrons. The van der Waals surface area contributed by atoms with Crippen LogP contribution in [0.4, 0.5) is 5.95 Å². The molecule has 3 aliphatic heterocycles. The third-order valence-corrected chi connectivity index (χ3v) is 5.85. The van der Waals surface area contributed by atoms with Crippen molar-refractivity contribution in [3.05, 3.63) is 17.0 Å². The Hall–Kier alpha value is -1.77. The van der Waals surface area contributed by atoms with Gasteiger partial charge in [-0.1, -0.05) is 0 Å². The summed E-state index contributed by atoms with van der Waals surface area (Å²) in [6, 6.07) is 0. The highest BCUT2D eigenvalue weighted by Gasteiger charge is 2.46. The summed E-state index contributed by atoms with van der Waals surface area (Å²) in [5.74, 6) is 0.917. The van der Waals surface area contributed by atoms with E-state index in [4.69, 9.17) is 24.2 Å². The number of carbonyl (C=O) groups excluding carboxylic acids is 1. The Bertz CT molecular complexity index is 707. The predicted octanol–water partition coefficient (Wildman–Crippen LogP) is 0.658. The molecule has 1 spiro atoms. The van der Waals surface area contributed by atoms with Gasteiger partial charge in [-0.2, -0.15) is 0 Å². The van der Waals surface area contributed by atoms with Crippen LogP contribution in [-0.4, -0.2) is 80.5 Å². The number of aryl methyl sites for hydroxylation is 1. The van der Waals surface area contributed by atoms with E-state index in [1.54, 1.807) is 7.11 Å². The molecule has 4 heterocycles. The molecule has 8 nitrogen and oxygen atoms in total. The smallest absolute Gasteiger partial charge is 0.225 e. The molecule has 0 bridgehead atoms. The number of carbonyl (C=O) groups is 1. The molecule has 0 saturated carbocycles. The van der Waals surface area contributed by atoms with Crippen LogP contribution < -0.4 is 4.90 Å². The lowest BCUT2D eigenvalue weighted by molar-refractivity contribution is -0.131. The zero-order chi connectivity index (χ0) is 18.9. The van der Waals surface area contributed by atoms with Crippen molar-refractivity contribution in [2.75, 3.05) is 64.6 Å². The molecular formula is C19H28N4O4. The predicted molar refractivity (Wildman–Crippen MR) is 98.8 cm³/mol. The Morgan fingerprint density at radius 1 is 1.22 bits per heavy atom. The topological polar surface area (TPSA) is 77.0 Å². The van der Waals surface area contributed by atoms with Gasteiger partial charge in [0.1, 0.15) is 0 Å². The van der Waals surface area contributed by atoms with Crippen molar-refractivity contribution >= 4 is 11.9 Å². The number of rotatable bonds is 4. The Balaban J connectivity index is 1.62. The summed E-state index contributed by atoms with van der Waals surface area (Å²) in [4.78, 5) is 26.3. The van der Waals surface area contributed by atoms with Crippen molar-refractivity contribution in [3.8, 4) is 0 Å². The highest BCUT2D eigenvalue weighted by atomic mass is 16.5. The van der Waals surface area contributed by atoms with Crippen molar-refractivity contribution in [2.24, 2.45) is 0 Å². The molecule has 1 atom stereocenters. The van der Waals surface area contributed by atoms with Gasteiger partial charge in [0.15, 0.2) is 0 Å². The van der Waals surface area contributed by atoms with Crippen LogP contribution in [0.15, 0.2) is 0 Å². The lowest BCUT2D eigenvalue weighted by Crippen LogP contribution is -2.43. The van der Waals surface area contributed by atoms with E-state index in [1.807, 2.05) is 11.8 Å². The molecule has 27 heavy (non-hydrogen) atoms. The van der Waals surface area contributed by atoms with Crippen LogP contribution in [0.5, 0.6) is 0 Å². The summed E-state index contributed by atoms with van der Waals surface area (Å²) in [5, 5.41) is 0. The first kappa shape index (κ1) is 18.6. The summed E-state index contributed by atoms with van der Waals surface area (Å²) in [5.41, 5.74) is 2.91. The number of nitrogens with zero attached hydrogens (tertiary/aromatic N) is 4. The molecule has 0 unspecified atom stereocenters. The maximum Gasteiger partial charge on any atom is 0.225 e. The van der Waals surface area contributed by atoms with Gasteiger partial charge in [-0.05, 0) is 13.3 Å². The largest absolute Gasteiger partial charge is 0.384 e. The minimum atomic E-state index is -0.231. The number of aromatic nitrogens is 2.